The quantitative estimate of drug-likeness (QED) is 0.291. The molecule has 1 amide bonds. The second kappa shape index (κ2) is 10.4. The molecule has 0 bridgehead atoms. The number of para-hydroxylation sites is 1. The number of fused-ring (bicyclic) bond motifs is 2. The molecule has 0 saturated heterocycles. The fraction of sp³-hybridized carbons (Fsp3) is 0.324. The maximum absolute atomic E-state index is 14.0. The topological polar surface area (TPSA) is 50.4 Å². The number of ether oxygens (including phenoxy) is 1. The van der Waals surface area contributed by atoms with E-state index in [0.717, 1.165) is 41.6 Å². The summed E-state index contributed by atoms with van der Waals surface area (Å²) in [4.78, 5) is 12.6. The van der Waals surface area contributed by atoms with Crippen molar-refractivity contribution < 1.29 is 13.9 Å². The number of allylic oxidation sites excluding steroid dienone is 4. The molecule has 2 N–H and O–H groups in total. The highest BCUT2D eigenvalue weighted by molar-refractivity contribution is 5.99. The average molecular weight is 523 g/mol. The largest absolute Gasteiger partial charge is 0.449 e. The van der Waals surface area contributed by atoms with Gasteiger partial charge in [-0.2, -0.15) is 0 Å². The summed E-state index contributed by atoms with van der Waals surface area (Å²) in [7, 11) is 0. The lowest BCUT2D eigenvalue weighted by atomic mass is 9.86. The zero-order chi connectivity index (χ0) is 27.1. The summed E-state index contributed by atoms with van der Waals surface area (Å²) in [5.41, 5.74) is 9.72. The summed E-state index contributed by atoms with van der Waals surface area (Å²) >= 11 is 0. The van der Waals surface area contributed by atoms with Crippen molar-refractivity contribution in [3.63, 3.8) is 0 Å². The minimum Gasteiger partial charge on any atom is -0.449 e. The molecule has 3 aromatic rings. The summed E-state index contributed by atoms with van der Waals surface area (Å²) < 4.78 is 19.5. The van der Waals surface area contributed by atoms with Gasteiger partial charge in [0.1, 0.15) is 5.82 Å². The van der Waals surface area contributed by atoms with Crippen LogP contribution in [0.25, 0.3) is 11.1 Å². The van der Waals surface area contributed by atoms with Crippen molar-refractivity contribution >= 4 is 28.6 Å². The molecule has 4 atom stereocenters. The van der Waals surface area contributed by atoms with E-state index in [1.807, 2.05) is 31.2 Å². The van der Waals surface area contributed by atoms with Gasteiger partial charge >= 0.3 is 6.09 Å². The number of hydrogen-bond donors (Lipinski definition) is 2. The first-order chi connectivity index (χ1) is 18.9. The predicted octanol–water partition coefficient (Wildman–Crippen LogP) is 8.55. The molecule has 0 radical (unpaired) electrons. The molecule has 1 saturated carbocycles. The summed E-state index contributed by atoms with van der Waals surface area (Å²) in [6.45, 7) is 6.58. The lowest BCUT2D eigenvalue weighted by Gasteiger charge is -2.32. The Balaban J connectivity index is 1.14. The van der Waals surface area contributed by atoms with Gasteiger partial charge in [-0.15, -0.1) is 0 Å². The molecule has 0 aromatic heterocycles. The molecule has 3 aromatic carbocycles. The summed E-state index contributed by atoms with van der Waals surface area (Å²) in [6, 6.07) is 20.3. The van der Waals surface area contributed by atoms with Gasteiger partial charge < -0.3 is 10.1 Å². The molecular formula is C34H35FN2O2. The van der Waals surface area contributed by atoms with E-state index in [9.17, 15) is 9.18 Å². The standard InChI is InChI=1S/C34H35FN2O2/c1-4-22-19-23(26-14-13-25-21(3)32(25)33(26)24-11-15-28(35)20(2)18-24)12-16-29(22)37-34(38)39-17-7-10-31-27-8-5-6-9-30(27)36-31/h5-6,8-9,11-16,18-19,21,25,31-32,36H,4,7,10,17H2,1-3H3,(H,37,38). The molecule has 3 aliphatic rings. The van der Waals surface area contributed by atoms with E-state index in [2.05, 4.69) is 67.0 Å². The van der Waals surface area contributed by atoms with E-state index in [4.69, 9.17) is 4.74 Å². The van der Waals surface area contributed by atoms with Crippen molar-refractivity contribution in [1.29, 1.82) is 0 Å². The van der Waals surface area contributed by atoms with Gasteiger partial charge in [0.2, 0.25) is 0 Å². The predicted molar refractivity (Wildman–Crippen MR) is 156 cm³/mol. The average Bonchev–Trinajstić information content (AvgIpc) is 3.59. The van der Waals surface area contributed by atoms with Crippen LogP contribution in [-0.4, -0.2) is 12.7 Å². The number of hydrogen-bond acceptors (Lipinski definition) is 3. The molecule has 4 unspecified atom stereocenters. The maximum Gasteiger partial charge on any atom is 0.411 e. The SMILES string of the molecule is CCc1cc(C2=C(c3ccc(F)c(C)c3)C3C(C)C3C=C2)ccc1NC(=O)OCCCC1Nc2ccccc21. The zero-order valence-corrected chi connectivity index (χ0v) is 22.8. The number of benzene rings is 3. The summed E-state index contributed by atoms with van der Waals surface area (Å²) in [6.07, 6.45) is 6.62. The molecule has 1 aliphatic heterocycles. The van der Waals surface area contributed by atoms with E-state index in [-0.39, 0.29) is 5.82 Å². The molecule has 200 valence electrons. The molecule has 1 fully saturated rings. The molecule has 4 nitrogen and oxygen atoms in total. The number of aryl methyl sites for hydroxylation is 2. The van der Waals surface area contributed by atoms with E-state index >= 15 is 0 Å². The number of carbonyl (C=O) groups is 1. The first kappa shape index (κ1) is 25.4. The molecule has 5 heteroatoms. The maximum atomic E-state index is 14.0. The second-order valence-corrected chi connectivity index (χ2v) is 11.0. The van der Waals surface area contributed by atoms with Gasteiger partial charge in [0.15, 0.2) is 0 Å². The van der Waals surface area contributed by atoms with E-state index in [1.54, 1.807) is 6.07 Å². The first-order valence-corrected chi connectivity index (χ1v) is 14.1. The lowest BCUT2D eigenvalue weighted by Crippen LogP contribution is -2.23. The monoisotopic (exact) mass is 522 g/mol. The number of nitrogens with one attached hydrogen (secondary N) is 2. The van der Waals surface area contributed by atoms with Gasteiger partial charge in [-0.25, -0.2) is 9.18 Å². The normalized spacial score (nSPS) is 22.4. The third-order valence-electron chi connectivity index (χ3n) is 8.60. The van der Waals surface area contributed by atoms with Crippen LogP contribution in [-0.2, 0) is 11.2 Å². The Hall–Kier alpha value is -3.86. The lowest BCUT2D eigenvalue weighted by molar-refractivity contribution is 0.158. The fourth-order valence-corrected chi connectivity index (χ4v) is 6.25. The second-order valence-electron chi connectivity index (χ2n) is 11.0. The van der Waals surface area contributed by atoms with Gasteiger partial charge in [-0.1, -0.05) is 56.3 Å². The summed E-state index contributed by atoms with van der Waals surface area (Å²) in [5, 5.41) is 6.40. The Morgan fingerprint density at radius 3 is 2.69 bits per heavy atom. The van der Waals surface area contributed by atoms with Crippen molar-refractivity contribution in [3.8, 4) is 0 Å². The first-order valence-electron chi connectivity index (χ1n) is 14.1. The van der Waals surface area contributed by atoms with Crippen LogP contribution in [0, 0.1) is 30.5 Å². The van der Waals surface area contributed by atoms with Gasteiger partial charge in [-0.05, 0) is 113 Å². The van der Waals surface area contributed by atoms with Gasteiger partial charge in [0, 0.05) is 11.4 Å². The van der Waals surface area contributed by atoms with Crippen molar-refractivity contribution in [2.75, 3.05) is 17.2 Å². The Morgan fingerprint density at radius 1 is 1.08 bits per heavy atom. The fourth-order valence-electron chi connectivity index (χ4n) is 6.25. The number of amides is 1. The number of anilines is 2. The van der Waals surface area contributed by atoms with Crippen LogP contribution in [0.4, 0.5) is 20.6 Å². The van der Waals surface area contributed by atoms with Crippen LogP contribution in [0.1, 0.15) is 60.5 Å². The van der Waals surface area contributed by atoms with Crippen LogP contribution in [0.2, 0.25) is 0 Å². The van der Waals surface area contributed by atoms with Gasteiger partial charge in [-0.3, -0.25) is 5.32 Å². The van der Waals surface area contributed by atoms with Crippen LogP contribution in [0.5, 0.6) is 0 Å². The van der Waals surface area contributed by atoms with E-state index < -0.39 is 6.09 Å². The minimum atomic E-state index is -0.423. The number of rotatable bonds is 8. The van der Waals surface area contributed by atoms with Crippen LogP contribution in [0.15, 0.2) is 72.8 Å². The van der Waals surface area contributed by atoms with E-state index in [1.165, 1.54) is 22.4 Å². The van der Waals surface area contributed by atoms with Crippen molar-refractivity contribution in [2.45, 2.75) is 46.1 Å². The van der Waals surface area contributed by atoms with Gasteiger partial charge in [0.05, 0.1) is 12.6 Å². The van der Waals surface area contributed by atoms with Crippen molar-refractivity contribution in [3.05, 3.63) is 106 Å². The van der Waals surface area contributed by atoms with Crippen molar-refractivity contribution in [1.82, 2.24) is 0 Å². The summed E-state index contributed by atoms with van der Waals surface area (Å²) in [5.74, 6) is 1.41. The Bertz CT molecular complexity index is 1490. The van der Waals surface area contributed by atoms with Crippen LogP contribution in [0.3, 0.4) is 0 Å². The molecule has 0 spiro atoms. The van der Waals surface area contributed by atoms with E-state index in [0.29, 0.717) is 36.0 Å². The molecule has 6 rings (SSSR count). The van der Waals surface area contributed by atoms with Gasteiger partial charge in [0.25, 0.3) is 0 Å². The molecule has 39 heavy (non-hydrogen) atoms. The zero-order valence-electron chi connectivity index (χ0n) is 22.8. The highest BCUT2D eigenvalue weighted by Crippen LogP contribution is 2.59. The smallest absolute Gasteiger partial charge is 0.411 e. The van der Waals surface area contributed by atoms with Crippen LogP contribution >= 0.6 is 0 Å². The molecule has 1 heterocycles. The highest BCUT2D eigenvalue weighted by atomic mass is 19.1. The molecular weight excluding hydrogens is 487 g/mol. The van der Waals surface area contributed by atoms with Crippen LogP contribution < -0.4 is 10.6 Å². The van der Waals surface area contributed by atoms with Crippen molar-refractivity contribution in [2.24, 2.45) is 17.8 Å². The Morgan fingerprint density at radius 2 is 1.90 bits per heavy atom. The Labute approximate surface area is 230 Å². The minimum absolute atomic E-state index is 0.173. The number of halogens is 1. The molecule has 2 aliphatic carbocycles. The Kier molecular flexibility index (Phi) is 6.76. The third-order valence-corrected chi connectivity index (χ3v) is 8.60. The highest BCUT2D eigenvalue weighted by Gasteiger charge is 2.49. The number of carbonyl (C=O) groups excluding carboxylic acids is 1. The third kappa shape index (κ3) is 4.87.